The Morgan fingerprint density at radius 3 is 1.96 bits per heavy atom. The molecule has 0 amide bonds. The molecule has 0 aromatic heterocycles. The van der Waals surface area contributed by atoms with E-state index in [9.17, 15) is 9.59 Å². The Hall–Kier alpha value is -1.78. The van der Waals surface area contributed by atoms with Crippen molar-refractivity contribution in [1.82, 2.24) is 0 Å². The van der Waals surface area contributed by atoms with E-state index in [1.807, 2.05) is 0 Å². The summed E-state index contributed by atoms with van der Waals surface area (Å²) in [5, 5.41) is 32.9. The van der Waals surface area contributed by atoms with Crippen LogP contribution in [0.5, 0.6) is 0 Å². The Kier molecular flexibility index (Phi) is 23.9. The summed E-state index contributed by atoms with van der Waals surface area (Å²) in [6.07, 6.45) is -0.0251. The van der Waals surface area contributed by atoms with E-state index in [1.54, 1.807) is 6.92 Å². The van der Waals surface area contributed by atoms with Crippen molar-refractivity contribution in [3.8, 4) is 0 Å². The van der Waals surface area contributed by atoms with E-state index in [0.717, 1.165) is 6.08 Å². The molecule has 0 saturated heterocycles. The molecular formula is C15H28O9. The SMILES string of the molecule is C=C(C)C(=O)O.C=CC(=O)O.CCOC(O)COCCOCCO. The second kappa shape index (κ2) is 21.2. The zero-order chi connectivity index (χ0) is 19.4. The number of carboxylic acid groups (broad SMARTS) is 2. The highest BCUT2D eigenvalue weighted by Gasteiger charge is 2.01. The van der Waals surface area contributed by atoms with Crippen LogP contribution < -0.4 is 0 Å². The van der Waals surface area contributed by atoms with Crippen LogP contribution in [0.15, 0.2) is 24.8 Å². The zero-order valence-corrected chi connectivity index (χ0v) is 14.1. The molecule has 1 atom stereocenters. The van der Waals surface area contributed by atoms with E-state index in [0.29, 0.717) is 26.4 Å². The van der Waals surface area contributed by atoms with Gasteiger partial charge in [0.1, 0.15) is 0 Å². The summed E-state index contributed by atoms with van der Waals surface area (Å²) < 4.78 is 14.8. The summed E-state index contributed by atoms with van der Waals surface area (Å²) >= 11 is 0. The average Bonchev–Trinajstić information content (AvgIpc) is 2.52. The lowest BCUT2D eigenvalue weighted by Crippen LogP contribution is -2.20. The van der Waals surface area contributed by atoms with E-state index in [2.05, 4.69) is 13.2 Å². The number of ether oxygens (including phenoxy) is 3. The molecule has 0 rings (SSSR count). The van der Waals surface area contributed by atoms with Gasteiger partial charge in [0.15, 0.2) is 6.29 Å². The summed E-state index contributed by atoms with van der Waals surface area (Å²) in [6, 6.07) is 0. The van der Waals surface area contributed by atoms with E-state index in [-0.39, 0.29) is 18.8 Å². The van der Waals surface area contributed by atoms with Gasteiger partial charge in [0.25, 0.3) is 0 Å². The van der Waals surface area contributed by atoms with E-state index in [4.69, 9.17) is 34.6 Å². The third kappa shape index (κ3) is 32.2. The van der Waals surface area contributed by atoms with Crippen molar-refractivity contribution < 1.29 is 44.2 Å². The lowest BCUT2D eigenvalue weighted by atomic mass is 10.4. The number of rotatable bonds is 11. The predicted octanol–water partition coefficient (Wildman–Crippen LogP) is 0.271. The molecule has 0 fully saturated rings. The van der Waals surface area contributed by atoms with Gasteiger partial charge in [-0.05, 0) is 13.8 Å². The quantitative estimate of drug-likeness (QED) is 0.234. The third-order valence-electron chi connectivity index (χ3n) is 1.77. The maximum absolute atomic E-state index is 9.60. The minimum absolute atomic E-state index is 0.0154. The van der Waals surface area contributed by atoms with Crippen molar-refractivity contribution in [3.05, 3.63) is 24.8 Å². The van der Waals surface area contributed by atoms with Gasteiger partial charge in [-0.1, -0.05) is 13.2 Å². The monoisotopic (exact) mass is 352 g/mol. The highest BCUT2D eigenvalue weighted by Crippen LogP contribution is 1.88. The van der Waals surface area contributed by atoms with Crippen molar-refractivity contribution in [3.63, 3.8) is 0 Å². The van der Waals surface area contributed by atoms with Crippen LogP contribution in [0.2, 0.25) is 0 Å². The van der Waals surface area contributed by atoms with Crippen LogP contribution in [0.4, 0.5) is 0 Å². The summed E-state index contributed by atoms with van der Waals surface area (Å²) in [4.78, 5) is 18.8. The van der Waals surface area contributed by atoms with Gasteiger partial charge in [-0.15, -0.1) is 0 Å². The molecule has 4 N–H and O–H groups in total. The molecule has 9 nitrogen and oxygen atoms in total. The molecule has 0 aliphatic rings. The Morgan fingerprint density at radius 1 is 1.17 bits per heavy atom. The van der Waals surface area contributed by atoms with Gasteiger partial charge in [0.2, 0.25) is 0 Å². The minimum Gasteiger partial charge on any atom is -0.478 e. The van der Waals surface area contributed by atoms with Crippen LogP contribution >= 0.6 is 0 Å². The Morgan fingerprint density at radius 2 is 1.62 bits per heavy atom. The molecule has 24 heavy (non-hydrogen) atoms. The normalized spacial score (nSPS) is 10.3. The van der Waals surface area contributed by atoms with Crippen molar-refractivity contribution >= 4 is 11.9 Å². The lowest BCUT2D eigenvalue weighted by molar-refractivity contribution is -0.137. The molecule has 0 spiro atoms. The Balaban J connectivity index is -0.000000332. The molecule has 1 unspecified atom stereocenters. The number of hydrogen-bond donors (Lipinski definition) is 4. The molecule has 142 valence electrons. The molecule has 0 radical (unpaired) electrons. The van der Waals surface area contributed by atoms with Crippen molar-refractivity contribution in [2.45, 2.75) is 20.1 Å². The van der Waals surface area contributed by atoms with Gasteiger partial charge < -0.3 is 34.6 Å². The highest BCUT2D eigenvalue weighted by molar-refractivity contribution is 5.84. The smallest absolute Gasteiger partial charge is 0.330 e. The first kappa shape index (κ1) is 27.1. The maximum atomic E-state index is 9.60. The van der Waals surface area contributed by atoms with Gasteiger partial charge in [-0.3, -0.25) is 0 Å². The van der Waals surface area contributed by atoms with Crippen LogP contribution in [0.1, 0.15) is 13.8 Å². The van der Waals surface area contributed by atoms with E-state index < -0.39 is 18.2 Å². The molecule has 0 aromatic carbocycles. The van der Waals surface area contributed by atoms with Crippen LogP contribution in [0, 0.1) is 0 Å². The second-order valence-electron chi connectivity index (χ2n) is 3.95. The van der Waals surface area contributed by atoms with Crippen LogP contribution in [-0.4, -0.2) is 78.3 Å². The molecular weight excluding hydrogens is 324 g/mol. The Bertz CT molecular complexity index is 330. The number of aliphatic hydroxyl groups is 2. The molecule has 9 heteroatoms. The van der Waals surface area contributed by atoms with Gasteiger partial charge in [0.05, 0.1) is 33.0 Å². The van der Waals surface area contributed by atoms with E-state index >= 15 is 0 Å². The van der Waals surface area contributed by atoms with Gasteiger partial charge in [-0.25, -0.2) is 9.59 Å². The van der Waals surface area contributed by atoms with Crippen LogP contribution in [0.3, 0.4) is 0 Å². The largest absolute Gasteiger partial charge is 0.478 e. The zero-order valence-electron chi connectivity index (χ0n) is 14.1. The summed E-state index contributed by atoms with van der Waals surface area (Å²) in [6.45, 7) is 11.1. The standard InChI is InChI=1S/C8H18O5.C4H6O2.C3H4O2/c1-2-13-8(10)7-12-6-5-11-4-3-9;1-3(2)4(5)6;1-2-3(4)5/h8-10H,2-7H2,1H3;1H2,2H3,(H,5,6);2H,1H2,(H,4,5). The number of aliphatic hydroxyl groups excluding tert-OH is 2. The molecule has 0 aromatic rings. The summed E-state index contributed by atoms with van der Waals surface area (Å²) in [7, 11) is 0. The van der Waals surface area contributed by atoms with Crippen molar-refractivity contribution in [1.29, 1.82) is 0 Å². The number of carboxylic acids is 2. The summed E-state index contributed by atoms with van der Waals surface area (Å²) in [5.74, 6) is -1.92. The highest BCUT2D eigenvalue weighted by atomic mass is 16.6. The number of carbonyl (C=O) groups is 2. The molecule has 0 heterocycles. The first-order chi connectivity index (χ1) is 11.2. The molecule has 0 aliphatic heterocycles. The molecule has 0 aliphatic carbocycles. The molecule has 0 bridgehead atoms. The fourth-order valence-electron chi connectivity index (χ4n) is 0.709. The first-order valence-corrected chi connectivity index (χ1v) is 7.02. The number of hydrogen-bond acceptors (Lipinski definition) is 7. The maximum Gasteiger partial charge on any atom is 0.330 e. The van der Waals surface area contributed by atoms with E-state index in [1.165, 1.54) is 6.92 Å². The topological polar surface area (TPSA) is 143 Å². The van der Waals surface area contributed by atoms with Gasteiger partial charge in [-0.2, -0.15) is 0 Å². The fraction of sp³-hybridized carbons (Fsp3) is 0.600. The lowest BCUT2D eigenvalue weighted by Gasteiger charge is -2.10. The van der Waals surface area contributed by atoms with Crippen LogP contribution in [0.25, 0.3) is 0 Å². The fourth-order valence-corrected chi connectivity index (χ4v) is 0.709. The average molecular weight is 352 g/mol. The number of aliphatic carboxylic acids is 2. The van der Waals surface area contributed by atoms with Crippen molar-refractivity contribution in [2.75, 3.05) is 39.6 Å². The van der Waals surface area contributed by atoms with Gasteiger partial charge >= 0.3 is 11.9 Å². The predicted molar refractivity (Wildman–Crippen MR) is 86.6 cm³/mol. The van der Waals surface area contributed by atoms with Crippen LogP contribution in [-0.2, 0) is 23.8 Å². The summed E-state index contributed by atoms with van der Waals surface area (Å²) in [5.41, 5.74) is 0.176. The Labute approximate surface area is 141 Å². The van der Waals surface area contributed by atoms with Crippen molar-refractivity contribution in [2.24, 2.45) is 0 Å². The first-order valence-electron chi connectivity index (χ1n) is 7.02. The third-order valence-corrected chi connectivity index (χ3v) is 1.77. The minimum atomic E-state index is -0.981. The van der Waals surface area contributed by atoms with Gasteiger partial charge in [0, 0.05) is 18.3 Å². The second-order valence-corrected chi connectivity index (χ2v) is 3.95. The molecule has 0 saturated carbocycles.